The largest absolute Gasteiger partial charge is 0.395 e. The Morgan fingerprint density at radius 3 is 3.20 bits per heavy atom. The van der Waals surface area contributed by atoms with Crippen LogP contribution in [0.15, 0.2) is 30.6 Å². The molecule has 0 aliphatic heterocycles. The van der Waals surface area contributed by atoms with E-state index >= 15 is 0 Å². The number of hydrogen-bond donors (Lipinski definition) is 2. The Balaban J connectivity index is 2.17. The average Bonchev–Trinajstić information content (AvgIpc) is 2.74. The third-order valence-corrected chi connectivity index (χ3v) is 2.42. The monoisotopic (exact) mass is 205 g/mol. The lowest BCUT2D eigenvalue weighted by Crippen LogP contribution is -2.29. The fraction of sp³-hybridized carbons (Fsp3) is 0.364. The van der Waals surface area contributed by atoms with Crippen molar-refractivity contribution in [1.82, 2.24) is 14.7 Å². The Labute approximate surface area is 88.6 Å². The van der Waals surface area contributed by atoms with Crippen molar-refractivity contribution in [2.75, 3.05) is 6.61 Å². The van der Waals surface area contributed by atoms with Crippen molar-refractivity contribution >= 4 is 5.65 Å². The lowest BCUT2D eigenvalue weighted by molar-refractivity contribution is 0.250. The van der Waals surface area contributed by atoms with Gasteiger partial charge < -0.3 is 14.8 Å². The summed E-state index contributed by atoms with van der Waals surface area (Å²) in [4.78, 5) is 4.21. The van der Waals surface area contributed by atoms with Crippen LogP contribution < -0.4 is 5.32 Å². The van der Waals surface area contributed by atoms with E-state index in [-0.39, 0.29) is 12.6 Å². The second-order valence-electron chi connectivity index (χ2n) is 3.64. The quantitative estimate of drug-likeness (QED) is 0.776. The molecule has 2 rings (SSSR count). The summed E-state index contributed by atoms with van der Waals surface area (Å²) >= 11 is 0. The van der Waals surface area contributed by atoms with Gasteiger partial charge in [-0.25, -0.2) is 4.98 Å². The summed E-state index contributed by atoms with van der Waals surface area (Å²) in [7, 11) is 0. The number of imidazole rings is 1. The van der Waals surface area contributed by atoms with Gasteiger partial charge in [0.05, 0.1) is 6.61 Å². The first-order valence-corrected chi connectivity index (χ1v) is 5.06. The molecule has 2 aromatic rings. The first-order chi connectivity index (χ1) is 7.31. The molecule has 2 heterocycles. The van der Waals surface area contributed by atoms with Gasteiger partial charge in [0.25, 0.3) is 0 Å². The highest BCUT2D eigenvalue weighted by Gasteiger charge is 2.02. The number of nitrogens with zero attached hydrogens (tertiary/aromatic N) is 2. The molecule has 15 heavy (non-hydrogen) atoms. The maximum Gasteiger partial charge on any atom is 0.136 e. The fourth-order valence-electron chi connectivity index (χ4n) is 1.49. The summed E-state index contributed by atoms with van der Waals surface area (Å²) < 4.78 is 2.04. The maximum atomic E-state index is 8.90. The molecular formula is C11H15N3O. The van der Waals surface area contributed by atoms with Gasteiger partial charge in [0.1, 0.15) is 5.65 Å². The van der Waals surface area contributed by atoms with Gasteiger partial charge in [0, 0.05) is 30.7 Å². The number of rotatable bonds is 4. The molecule has 0 bridgehead atoms. The number of aliphatic hydroxyl groups excluding tert-OH is 1. The molecule has 1 unspecified atom stereocenters. The van der Waals surface area contributed by atoms with E-state index in [2.05, 4.69) is 10.3 Å². The van der Waals surface area contributed by atoms with Crippen LogP contribution in [0.3, 0.4) is 0 Å². The molecule has 0 saturated heterocycles. The van der Waals surface area contributed by atoms with E-state index in [9.17, 15) is 0 Å². The molecule has 0 spiro atoms. The minimum absolute atomic E-state index is 0.115. The zero-order valence-electron chi connectivity index (χ0n) is 8.72. The highest BCUT2D eigenvalue weighted by Crippen LogP contribution is 2.05. The zero-order chi connectivity index (χ0) is 10.7. The van der Waals surface area contributed by atoms with Gasteiger partial charge in [0.15, 0.2) is 0 Å². The van der Waals surface area contributed by atoms with Crippen LogP contribution in [-0.4, -0.2) is 27.1 Å². The maximum absolute atomic E-state index is 8.90. The topological polar surface area (TPSA) is 49.6 Å². The van der Waals surface area contributed by atoms with E-state index in [1.807, 2.05) is 35.7 Å². The summed E-state index contributed by atoms with van der Waals surface area (Å²) in [6, 6.07) is 6.12. The van der Waals surface area contributed by atoms with Gasteiger partial charge in [-0.2, -0.15) is 0 Å². The molecule has 0 aliphatic carbocycles. The Bertz CT molecular complexity index is 438. The van der Waals surface area contributed by atoms with Crippen LogP contribution in [0.4, 0.5) is 0 Å². The summed E-state index contributed by atoms with van der Waals surface area (Å²) in [5.74, 6) is 0. The normalized spacial score (nSPS) is 13.2. The SMILES string of the molecule is CC(CO)NCc1cccc2nccn12. The number of pyridine rings is 1. The van der Waals surface area contributed by atoms with Crippen LogP contribution in [0.1, 0.15) is 12.6 Å². The predicted molar refractivity (Wildman–Crippen MR) is 58.6 cm³/mol. The molecule has 0 radical (unpaired) electrons. The Morgan fingerprint density at radius 1 is 1.53 bits per heavy atom. The molecule has 0 amide bonds. The fourth-order valence-corrected chi connectivity index (χ4v) is 1.49. The second-order valence-corrected chi connectivity index (χ2v) is 3.64. The smallest absolute Gasteiger partial charge is 0.136 e. The number of aliphatic hydroxyl groups is 1. The van der Waals surface area contributed by atoms with Crippen molar-refractivity contribution < 1.29 is 5.11 Å². The summed E-state index contributed by atoms with van der Waals surface area (Å²) in [6.45, 7) is 2.84. The molecule has 0 fully saturated rings. The number of nitrogens with one attached hydrogen (secondary N) is 1. The van der Waals surface area contributed by atoms with E-state index in [1.54, 1.807) is 6.20 Å². The minimum atomic E-state index is 0.115. The van der Waals surface area contributed by atoms with Crippen LogP contribution in [0, 0.1) is 0 Å². The Kier molecular flexibility index (Phi) is 2.99. The van der Waals surface area contributed by atoms with E-state index < -0.39 is 0 Å². The van der Waals surface area contributed by atoms with Crippen LogP contribution in [-0.2, 0) is 6.54 Å². The van der Waals surface area contributed by atoms with Crippen molar-refractivity contribution in [2.24, 2.45) is 0 Å². The predicted octanol–water partition coefficient (Wildman–Crippen LogP) is 0.805. The van der Waals surface area contributed by atoms with Crippen molar-refractivity contribution in [3.8, 4) is 0 Å². The van der Waals surface area contributed by atoms with Gasteiger partial charge in [-0.3, -0.25) is 0 Å². The molecule has 0 aromatic carbocycles. The summed E-state index contributed by atoms with van der Waals surface area (Å²) in [5.41, 5.74) is 2.09. The minimum Gasteiger partial charge on any atom is -0.395 e. The van der Waals surface area contributed by atoms with Crippen LogP contribution in [0.2, 0.25) is 0 Å². The van der Waals surface area contributed by atoms with Crippen molar-refractivity contribution in [2.45, 2.75) is 19.5 Å². The number of fused-ring (bicyclic) bond motifs is 1. The first-order valence-electron chi connectivity index (χ1n) is 5.06. The van der Waals surface area contributed by atoms with Gasteiger partial charge in [-0.05, 0) is 19.1 Å². The molecule has 80 valence electrons. The van der Waals surface area contributed by atoms with E-state index in [0.29, 0.717) is 0 Å². The highest BCUT2D eigenvalue weighted by atomic mass is 16.3. The van der Waals surface area contributed by atoms with Gasteiger partial charge in [-0.1, -0.05) is 6.07 Å². The molecule has 1 atom stereocenters. The third kappa shape index (κ3) is 2.16. The van der Waals surface area contributed by atoms with Crippen molar-refractivity contribution in [1.29, 1.82) is 0 Å². The lowest BCUT2D eigenvalue weighted by atomic mass is 10.3. The van der Waals surface area contributed by atoms with Crippen molar-refractivity contribution in [3.05, 3.63) is 36.3 Å². The van der Waals surface area contributed by atoms with Gasteiger partial charge >= 0.3 is 0 Å². The molecule has 0 aliphatic rings. The lowest BCUT2D eigenvalue weighted by Gasteiger charge is -2.11. The summed E-state index contributed by atoms with van der Waals surface area (Å²) in [5, 5.41) is 12.1. The van der Waals surface area contributed by atoms with Crippen molar-refractivity contribution in [3.63, 3.8) is 0 Å². The second kappa shape index (κ2) is 4.42. The van der Waals surface area contributed by atoms with Gasteiger partial charge in [-0.15, -0.1) is 0 Å². The van der Waals surface area contributed by atoms with Crippen LogP contribution in [0.5, 0.6) is 0 Å². The van der Waals surface area contributed by atoms with E-state index in [1.165, 1.54) is 0 Å². The molecule has 2 N–H and O–H groups in total. The zero-order valence-corrected chi connectivity index (χ0v) is 8.72. The first kappa shape index (κ1) is 10.1. The van der Waals surface area contributed by atoms with Crippen LogP contribution in [0.25, 0.3) is 5.65 Å². The Hall–Kier alpha value is -1.39. The molecule has 2 aromatic heterocycles. The highest BCUT2D eigenvalue weighted by molar-refractivity contribution is 5.39. The molecule has 4 heteroatoms. The van der Waals surface area contributed by atoms with E-state index in [0.717, 1.165) is 17.9 Å². The Morgan fingerprint density at radius 2 is 2.40 bits per heavy atom. The average molecular weight is 205 g/mol. The molecular weight excluding hydrogens is 190 g/mol. The number of aromatic nitrogens is 2. The van der Waals surface area contributed by atoms with E-state index in [4.69, 9.17) is 5.11 Å². The van der Waals surface area contributed by atoms with Gasteiger partial charge in [0.2, 0.25) is 0 Å². The van der Waals surface area contributed by atoms with Crippen LogP contribution >= 0.6 is 0 Å². The molecule has 4 nitrogen and oxygen atoms in total. The standard InChI is InChI=1S/C11H15N3O/c1-9(8-15)13-7-10-3-2-4-11-12-5-6-14(10)11/h2-6,9,13,15H,7-8H2,1H3. The number of hydrogen-bond acceptors (Lipinski definition) is 3. The molecule has 0 saturated carbocycles. The summed E-state index contributed by atoms with van der Waals surface area (Å²) in [6.07, 6.45) is 3.73. The third-order valence-electron chi connectivity index (χ3n) is 2.42.